The van der Waals surface area contributed by atoms with Gasteiger partial charge < -0.3 is 30.3 Å². The summed E-state index contributed by atoms with van der Waals surface area (Å²) in [5, 5.41) is 34.8. The van der Waals surface area contributed by atoms with Crippen molar-refractivity contribution in [2.75, 3.05) is 19.7 Å². The lowest BCUT2D eigenvalue weighted by atomic mass is 10.0. The normalized spacial score (nSPS) is 18.5. The molecule has 10 nitrogen and oxygen atoms in total. The molecule has 34 heavy (non-hydrogen) atoms. The summed E-state index contributed by atoms with van der Waals surface area (Å²) in [6.07, 6.45) is 1.12. The molecule has 1 saturated heterocycles. The van der Waals surface area contributed by atoms with E-state index in [9.17, 15) is 29.7 Å². The fourth-order valence-corrected chi connectivity index (χ4v) is 3.87. The maximum absolute atomic E-state index is 12.7. The van der Waals surface area contributed by atoms with Crippen molar-refractivity contribution in [1.82, 2.24) is 15.5 Å². The number of carboxylic acids is 2. The lowest BCUT2D eigenvalue weighted by molar-refractivity contribution is -0.149. The van der Waals surface area contributed by atoms with Gasteiger partial charge in [-0.25, -0.2) is 4.79 Å². The SMILES string of the molecule is CC(C)NCC(O)COc1ccc(CCC(N[C@@H](C)C(=O)N2CCC[C@H]2C(=O)O)C(=O)O)cc1. The summed E-state index contributed by atoms with van der Waals surface area (Å²) in [4.78, 5) is 37.1. The fraction of sp³-hybridized carbons (Fsp3) is 0.625. The molecule has 190 valence electrons. The molecule has 1 aromatic rings. The van der Waals surface area contributed by atoms with Crippen molar-refractivity contribution in [2.24, 2.45) is 0 Å². The van der Waals surface area contributed by atoms with Crippen molar-refractivity contribution < 1.29 is 34.4 Å². The predicted molar refractivity (Wildman–Crippen MR) is 126 cm³/mol. The van der Waals surface area contributed by atoms with Crippen LogP contribution in [0.5, 0.6) is 5.75 Å². The quantitative estimate of drug-likeness (QED) is 0.262. The highest BCUT2D eigenvalue weighted by Crippen LogP contribution is 2.19. The molecule has 0 bridgehead atoms. The fourth-order valence-electron chi connectivity index (χ4n) is 3.87. The summed E-state index contributed by atoms with van der Waals surface area (Å²) < 4.78 is 5.59. The number of benzene rings is 1. The van der Waals surface area contributed by atoms with Crippen LogP contribution in [0.2, 0.25) is 0 Å². The van der Waals surface area contributed by atoms with Gasteiger partial charge in [-0.3, -0.25) is 14.9 Å². The van der Waals surface area contributed by atoms with E-state index < -0.39 is 42.1 Å². The number of hydrogen-bond donors (Lipinski definition) is 5. The number of aryl methyl sites for hydroxylation is 1. The van der Waals surface area contributed by atoms with E-state index in [1.807, 2.05) is 26.0 Å². The monoisotopic (exact) mass is 479 g/mol. The molecule has 2 unspecified atom stereocenters. The number of hydrogen-bond acceptors (Lipinski definition) is 7. The lowest BCUT2D eigenvalue weighted by Crippen LogP contribution is -2.53. The summed E-state index contributed by atoms with van der Waals surface area (Å²) in [7, 11) is 0. The number of carbonyl (C=O) groups is 3. The number of aliphatic hydroxyl groups is 1. The maximum atomic E-state index is 12.7. The zero-order valence-corrected chi connectivity index (χ0v) is 20.1. The van der Waals surface area contributed by atoms with Gasteiger partial charge in [-0.1, -0.05) is 26.0 Å². The molecule has 1 aromatic carbocycles. The highest BCUT2D eigenvalue weighted by molar-refractivity contribution is 5.88. The average molecular weight is 480 g/mol. The number of nitrogens with one attached hydrogen (secondary N) is 2. The molecule has 1 heterocycles. The van der Waals surface area contributed by atoms with E-state index >= 15 is 0 Å². The Hall–Kier alpha value is -2.69. The Bertz CT molecular complexity index is 815. The van der Waals surface area contributed by atoms with Gasteiger partial charge in [-0.2, -0.15) is 0 Å². The molecule has 0 spiro atoms. The van der Waals surface area contributed by atoms with Crippen molar-refractivity contribution in [3.8, 4) is 5.75 Å². The molecule has 0 aromatic heterocycles. The number of likely N-dealkylation sites (tertiary alicyclic amines) is 1. The lowest BCUT2D eigenvalue weighted by Gasteiger charge is -2.27. The van der Waals surface area contributed by atoms with E-state index in [1.54, 1.807) is 19.1 Å². The van der Waals surface area contributed by atoms with Crippen LogP contribution in [-0.4, -0.2) is 88.0 Å². The van der Waals surface area contributed by atoms with E-state index in [1.165, 1.54) is 4.90 Å². The number of carbonyl (C=O) groups excluding carboxylic acids is 1. The number of rotatable bonds is 14. The standard InChI is InChI=1S/C24H37N3O7/c1-15(2)25-13-18(28)14-34-19-9-6-17(7-10-19)8-11-20(23(30)31)26-16(3)22(29)27-12-4-5-21(27)24(32)33/h6-7,9-10,15-16,18,20-21,25-26,28H,4-5,8,11-14H2,1-3H3,(H,30,31)(H,32,33)/t16-,18?,20?,21-/m0/s1. The van der Waals surface area contributed by atoms with Gasteiger partial charge in [0, 0.05) is 19.1 Å². The van der Waals surface area contributed by atoms with Crippen LogP contribution in [0, 0.1) is 0 Å². The van der Waals surface area contributed by atoms with E-state index in [4.69, 9.17) is 4.74 Å². The first-order valence-corrected chi connectivity index (χ1v) is 11.7. The Labute approximate surface area is 200 Å². The van der Waals surface area contributed by atoms with Gasteiger partial charge in [0.1, 0.15) is 30.5 Å². The molecule has 2 rings (SSSR count). The summed E-state index contributed by atoms with van der Waals surface area (Å²) >= 11 is 0. The molecule has 1 fully saturated rings. The Morgan fingerprint density at radius 1 is 1.15 bits per heavy atom. The van der Waals surface area contributed by atoms with Gasteiger partial charge in [0.25, 0.3) is 0 Å². The van der Waals surface area contributed by atoms with E-state index in [-0.39, 0.29) is 19.1 Å². The van der Waals surface area contributed by atoms with Crippen molar-refractivity contribution in [3.63, 3.8) is 0 Å². The number of carboxylic acid groups (broad SMARTS) is 2. The topological polar surface area (TPSA) is 148 Å². The molecule has 0 saturated carbocycles. The summed E-state index contributed by atoms with van der Waals surface area (Å²) in [5.41, 5.74) is 0.909. The molecule has 5 N–H and O–H groups in total. The minimum atomic E-state index is -1.07. The van der Waals surface area contributed by atoms with Gasteiger partial charge in [-0.15, -0.1) is 0 Å². The second-order valence-corrected chi connectivity index (χ2v) is 9.02. The van der Waals surface area contributed by atoms with E-state index in [0.717, 1.165) is 5.56 Å². The predicted octanol–water partition coefficient (Wildman–Crippen LogP) is 0.864. The molecular weight excluding hydrogens is 442 g/mol. The van der Waals surface area contributed by atoms with Crippen LogP contribution in [0.4, 0.5) is 0 Å². The van der Waals surface area contributed by atoms with E-state index in [0.29, 0.717) is 38.1 Å². The van der Waals surface area contributed by atoms with Gasteiger partial charge in [0.2, 0.25) is 5.91 Å². The third kappa shape index (κ3) is 8.58. The Morgan fingerprint density at radius 2 is 1.82 bits per heavy atom. The summed E-state index contributed by atoms with van der Waals surface area (Å²) in [5.74, 6) is -1.90. The third-order valence-corrected chi connectivity index (χ3v) is 5.79. The third-order valence-electron chi connectivity index (χ3n) is 5.79. The van der Waals surface area contributed by atoms with Crippen LogP contribution in [0.15, 0.2) is 24.3 Å². The first kappa shape index (κ1) is 27.6. The Kier molecular flexibility index (Phi) is 10.7. The highest BCUT2D eigenvalue weighted by Gasteiger charge is 2.36. The number of aliphatic carboxylic acids is 2. The van der Waals surface area contributed by atoms with Crippen LogP contribution < -0.4 is 15.4 Å². The average Bonchev–Trinajstić information content (AvgIpc) is 3.29. The van der Waals surface area contributed by atoms with Gasteiger partial charge in [0.15, 0.2) is 0 Å². The number of aliphatic hydroxyl groups excluding tert-OH is 1. The van der Waals surface area contributed by atoms with Gasteiger partial charge in [0.05, 0.1) is 6.04 Å². The minimum absolute atomic E-state index is 0.162. The molecule has 1 aliphatic heterocycles. The van der Waals surface area contributed by atoms with Crippen LogP contribution in [-0.2, 0) is 20.8 Å². The zero-order valence-electron chi connectivity index (χ0n) is 20.1. The van der Waals surface area contributed by atoms with Crippen molar-refractivity contribution >= 4 is 17.8 Å². The second-order valence-electron chi connectivity index (χ2n) is 9.02. The zero-order chi connectivity index (χ0) is 25.3. The highest BCUT2D eigenvalue weighted by atomic mass is 16.5. The molecule has 1 amide bonds. The molecule has 0 aliphatic carbocycles. The van der Waals surface area contributed by atoms with Crippen LogP contribution in [0.25, 0.3) is 0 Å². The van der Waals surface area contributed by atoms with Crippen LogP contribution >= 0.6 is 0 Å². The van der Waals surface area contributed by atoms with Gasteiger partial charge in [-0.05, 0) is 50.3 Å². The van der Waals surface area contributed by atoms with Crippen LogP contribution in [0.1, 0.15) is 45.6 Å². The Morgan fingerprint density at radius 3 is 2.41 bits per heavy atom. The molecule has 0 radical (unpaired) electrons. The van der Waals surface area contributed by atoms with Gasteiger partial charge >= 0.3 is 11.9 Å². The first-order valence-electron chi connectivity index (χ1n) is 11.7. The number of amides is 1. The summed E-state index contributed by atoms with van der Waals surface area (Å²) in [6.45, 7) is 6.52. The second kappa shape index (κ2) is 13.3. The minimum Gasteiger partial charge on any atom is -0.491 e. The van der Waals surface area contributed by atoms with Crippen molar-refractivity contribution in [1.29, 1.82) is 0 Å². The molecule has 1 aliphatic rings. The first-order chi connectivity index (χ1) is 16.1. The Balaban J connectivity index is 1.84. The summed E-state index contributed by atoms with van der Waals surface area (Å²) in [6, 6.07) is 4.87. The van der Waals surface area contributed by atoms with Crippen molar-refractivity contribution in [3.05, 3.63) is 29.8 Å². The molecular formula is C24H37N3O7. The smallest absolute Gasteiger partial charge is 0.326 e. The van der Waals surface area contributed by atoms with E-state index in [2.05, 4.69) is 10.6 Å². The number of ether oxygens (including phenoxy) is 1. The molecule has 10 heteroatoms. The van der Waals surface area contributed by atoms with Crippen LogP contribution in [0.3, 0.4) is 0 Å². The largest absolute Gasteiger partial charge is 0.491 e. The van der Waals surface area contributed by atoms with Crippen molar-refractivity contribution in [2.45, 2.75) is 76.7 Å². The maximum Gasteiger partial charge on any atom is 0.326 e. The molecule has 4 atom stereocenters. The number of nitrogens with zero attached hydrogens (tertiary/aromatic N) is 1.